The van der Waals surface area contributed by atoms with Crippen molar-refractivity contribution in [3.8, 4) is 0 Å². The fraction of sp³-hybridized carbons (Fsp3) is 0.941. The predicted molar refractivity (Wildman–Crippen MR) is 187 cm³/mol. The van der Waals surface area contributed by atoms with Crippen LogP contribution >= 0.6 is 0 Å². The zero-order chi connectivity index (χ0) is 43.3. The van der Waals surface area contributed by atoms with Crippen LogP contribution in [0.1, 0.15) is 39.5 Å². The summed E-state index contributed by atoms with van der Waals surface area (Å²) in [6.07, 6.45) is -32.8. The molecule has 4 heterocycles. The summed E-state index contributed by atoms with van der Waals surface area (Å²) in [5, 5.41) is 138. The number of carbonyl (C=O) groups is 2. The van der Waals surface area contributed by atoms with Gasteiger partial charge in [0.2, 0.25) is 5.91 Å². The number of rotatable bonds is 19. The number of unbranched alkanes of at least 4 members (excludes halogenated alkanes) is 2. The SMILES string of the molecule is CC.O=CCCCCC(=O)NCCOC1OC(CO)C(OC2OC(CO)C(OC3OC(CO)C(OC4OC(CO)C(O)C(O)C4O)C(O)C3O)C(O)C2O)C(O)C1O. The molecule has 4 aliphatic heterocycles. The molecule has 24 heteroatoms. The highest BCUT2D eigenvalue weighted by molar-refractivity contribution is 5.75. The van der Waals surface area contributed by atoms with E-state index < -0.39 is 149 Å². The second-order valence-electron chi connectivity index (χ2n) is 13.8. The Balaban J connectivity index is 0.00000443. The lowest BCUT2D eigenvalue weighted by molar-refractivity contribution is -0.388. The minimum atomic E-state index is -2.04. The molecular weight excluding hydrogens is 790 g/mol. The summed E-state index contributed by atoms with van der Waals surface area (Å²) < 4.78 is 44.2. The van der Waals surface area contributed by atoms with Gasteiger partial charge in [-0.15, -0.1) is 0 Å². The Bertz CT molecular complexity index is 1190. The third-order valence-corrected chi connectivity index (χ3v) is 9.87. The molecule has 20 atom stereocenters. The van der Waals surface area contributed by atoms with Gasteiger partial charge in [-0.05, 0) is 12.8 Å². The first-order valence-corrected chi connectivity index (χ1v) is 19.2. The number of amides is 1. The molecule has 340 valence electrons. The van der Waals surface area contributed by atoms with Crippen molar-refractivity contribution in [3.05, 3.63) is 0 Å². The Hall–Kier alpha value is -1.70. The van der Waals surface area contributed by atoms with E-state index in [2.05, 4.69) is 5.32 Å². The first-order chi connectivity index (χ1) is 27.7. The van der Waals surface area contributed by atoms with Gasteiger partial charge in [0.1, 0.15) is 104 Å². The van der Waals surface area contributed by atoms with E-state index >= 15 is 0 Å². The third-order valence-electron chi connectivity index (χ3n) is 9.87. The van der Waals surface area contributed by atoms with Crippen LogP contribution < -0.4 is 5.32 Å². The first kappa shape index (κ1) is 50.7. The number of hydrogen-bond donors (Lipinski definition) is 14. The van der Waals surface area contributed by atoms with Gasteiger partial charge < -0.3 is 114 Å². The molecule has 20 unspecified atom stereocenters. The lowest BCUT2D eigenvalue weighted by Crippen LogP contribution is -2.67. The molecule has 0 radical (unpaired) electrons. The second kappa shape index (κ2) is 24.7. The maximum Gasteiger partial charge on any atom is 0.220 e. The monoisotopic (exact) mass is 851 g/mol. The van der Waals surface area contributed by atoms with Crippen LogP contribution in [0.4, 0.5) is 0 Å². The summed E-state index contributed by atoms with van der Waals surface area (Å²) in [4.78, 5) is 22.3. The number of ether oxygens (including phenoxy) is 8. The number of carbonyl (C=O) groups excluding carboxylic acids is 2. The molecule has 4 saturated heterocycles. The van der Waals surface area contributed by atoms with Gasteiger partial charge in [0, 0.05) is 19.4 Å². The highest BCUT2D eigenvalue weighted by Crippen LogP contribution is 2.34. The van der Waals surface area contributed by atoms with Crippen LogP contribution in [-0.4, -0.2) is 241 Å². The molecule has 14 N–H and O–H groups in total. The average Bonchev–Trinajstić information content (AvgIpc) is 3.23. The van der Waals surface area contributed by atoms with Crippen LogP contribution in [0.3, 0.4) is 0 Å². The molecule has 0 bridgehead atoms. The number of nitrogens with one attached hydrogen (secondary N) is 1. The van der Waals surface area contributed by atoms with Crippen molar-refractivity contribution in [2.24, 2.45) is 0 Å². The molecule has 0 aliphatic carbocycles. The Morgan fingerprint density at radius 3 is 1.33 bits per heavy atom. The summed E-state index contributed by atoms with van der Waals surface area (Å²) in [5.41, 5.74) is 0. The first-order valence-electron chi connectivity index (χ1n) is 19.2. The predicted octanol–water partition coefficient (Wildman–Crippen LogP) is -7.82. The topological polar surface area (TPSA) is 383 Å². The number of hydrogen-bond acceptors (Lipinski definition) is 23. The maximum absolute atomic E-state index is 11.9. The summed E-state index contributed by atoms with van der Waals surface area (Å²) in [7, 11) is 0. The molecule has 4 aliphatic rings. The van der Waals surface area contributed by atoms with E-state index in [9.17, 15) is 76.0 Å². The Labute approximate surface area is 333 Å². The molecule has 0 spiro atoms. The summed E-state index contributed by atoms with van der Waals surface area (Å²) >= 11 is 0. The van der Waals surface area contributed by atoms with Crippen molar-refractivity contribution in [1.29, 1.82) is 0 Å². The molecular formula is C34H61NO23. The summed E-state index contributed by atoms with van der Waals surface area (Å²) in [6.45, 7) is 0.398. The molecule has 4 rings (SSSR count). The van der Waals surface area contributed by atoms with Crippen molar-refractivity contribution >= 4 is 12.2 Å². The molecule has 0 saturated carbocycles. The fourth-order valence-electron chi connectivity index (χ4n) is 6.64. The van der Waals surface area contributed by atoms with Gasteiger partial charge in [-0.1, -0.05) is 13.8 Å². The number of aldehydes is 1. The van der Waals surface area contributed by atoms with Crippen molar-refractivity contribution in [2.75, 3.05) is 39.6 Å². The van der Waals surface area contributed by atoms with Crippen molar-refractivity contribution in [2.45, 2.75) is 162 Å². The summed E-state index contributed by atoms with van der Waals surface area (Å²) in [5.74, 6) is -0.295. The third kappa shape index (κ3) is 12.5. The van der Waals surface area contributed by atoms with Crippen molar-refractivity contribution in [3.63, 3.8) is 0 Å². The van der Waals surface area contributed by atoms with Crippen LogP contribution in [0.15, 0.2) is 0 Å². The average molecular weight is 852 g/mol. The van der Waals surface area contributed by atoms with E-state index in [-0.39, 0.29) is 25.5 Å². The van der Waals surface area contributed by atoms with Crippen LogP contribution in [-0.2, 0) is 47.5 Å². The van der Waals surface area contributed by atoms with Crippen LogP contribution in [0.2, 0.25) is 0 Å². The maximum atomic E-state index is 11.9. The molecule has 0 aromatic carbocycles. The van der Waals surface area contributed by atoms with Crippen molar-refractivity contribution < 1.29 is 114 Å². The number of aliphatic hydroxyl groups excluding tert-OH is 13. The lowest BCUT2D eigenvalue weighted by atomic mass is 9.95. The van der Waals surface area contributed by atoms with Crippen LogP contribution in [0.25, 0.3) is 0 Å². The van der Waals surface area contributed by atoms with E-state index in [1.54, 1.807) is 0 Å². The molecule has 0 aromatic rings. The Kier molecular flexibility index (Phi) is 21.5. The molecule has 24 nitrogen and oxygen atoms in total. The zero-order valence-electron chi connectivity index (χ0n) is 32.1. The summed E-state index contributed by atoms with van der Waals surface area (Å²) in [6, 6.07) is 0. The fourth-order valence-corrected chi connectivity index (χ4v) is 6.64. The van der Waals surface area contributed by atoms with Crippen LogP contribution in [0.5, 0.6) is 0 Å². The minimum Gasteiger partial charge on any atom is -0.394 e. The van der Waals surface area contributed by atoms with Gasteiger partial charge in [0.15, 0.2) is 25.2 Å². The normalized spacial score (nSPS) is 43.2. The quantitative estimate of drug-likeness (QED) is 0.0424. The number of aliphatic hydroxyl groups is 13. The van der Waals surface area contributed by atoms with Gasteiger partial charge in [-0.3, -0.25) is 4.79 Å². The molecule has 4 fully saturated rings. The van der Waals surface area contributed by atoms with E-state index in [1.807, 2.05) is 13.8 Å². The Morgan fingerprint density at radius 2 is 0.914 bits per heavy atom. The smallest absolute Gasteiger partial charge is 0.220 e. The highest BCUT2D eigenvalue weighted by atomic mass is 16.8. The standard InChI is InChI=1S/C32H55NO23.C2H6/c34-6-3-1-2-4-16(39)33-5-7-49-29-23(46)19(42)26(13(9-36)51-29)55-31-25(48)21(44)28(15(11-38)53-31)56-32-24(47)20(43)27(14(10-37)52-32)54-30-22(45)18(41)17(40)12(8-35)50-30;1-2/h6,12-15,17-32,35-38,40-48H,1-5,7-11H2,(H,33,39);1-2H3. The van der Waals surface area contributed by atoms with Gasteiger partial charge in [-0.2, -0.15) is 0 Å². The van der Waals surface area contributed by atoms with E-state index in [4.69, 9.17) is 37.9 Å². The zero-order valence-corrected chi connectivity index (χ0v) is 32.1. The minimum absolute atomic E-state index is 0.00371. The second-order valence-corrected chi connectivity index (χ2v) is 13.8. The van der Waals surface area contributed by atoms with Gasteiger partial charge in [0.25, 0.3) is 0 Å². The van der Waals surface area contributed by atoms with Gasteiger partial charge >= 0.3 is 0 Å². The Morgan fingerprint density at radius 1 is 0.534 bits per heavy atom. The largest absolute Gasteiger partial charge is 0.394 e. The molecule has 1 amide bonds. The van der Waals surface area contributed by atoms with E-state index in [0.29, 0.717) is 19.3 Å². The van der Waals surface area contributed by atoms with Gasteiger partial charge in [-0.25, -0.2) is 0 Å². The highest BCUT2D eigenvalue weighted by Gasteiger charge is 2.55. The van der Waals surface area contributed by atoms with Crippen molar-refractivity contribution in [1.82, 2.24) is 5.32 Å². The molecule has 0 aromatic heterocycles. The van der Waals surface area contributed by atoms with Gasteiger partial charge in [0.05, 0.1) is 33.0 Å². The van der Waals surface area contributed by atoms with Crippen LogP contribution in [0, 0.1) is 0 Å². The van der Waals surface area contributed by atoms with E-state index in [0.717, 1.165) is 6.29 Å². The van der Waals surface area contributed by atoms with E-state index in [1.165, 1.54) is 0 Å². The lowest BCUT2D eigenvalue weighted by Gasteiger charge is -2.49. The molecule has 58 heavy (non-hydrogen) atoms.